The number of aromatic nitrogens is 1. The van der Waals surface area contributed by atoms with E-state index in [0.29, 0.717) is 11.8 Å². The summed E-state index contributed by atoms with van der Waals surface area (Å²) in [6.07, 6.45) is 1.53. The van der Waals surface area contributed by atoms with Gasteiger partial charge < -0.3 is 10.2 Å². The highest BCUT2D eigenvalue weighted by Gasteiger charge is 1.98. The maximum atomic E-state index is 5.31. The van der Waals surface area contributed by atoms with E-state index in [2.05, 4.69) is 11.9 Å². The van der Waals surface area contributed by atoms with Crippen molar-refractivity contribution in [3.8, 4) is 0 Å². The molecule has 0 spiro atoms. The van der Waals surface area contributed by atoms with Gasteiger partial charge in [0.1, 0.15) is 0 Å². The van der Waals surface area contributed by atoms with E-state index in [0.717, 1.165) is 11.5 Å². The number of nitrogens with two attached hydrogens (primary N) is 1. The molecular weight excluding hydrogens is 148 g/mol. The molecule has 1 heterocycles. The lowest BCUT2D eigenvalue weighted by Crippen LogP contribution is -1.79. The first-order valence-corrected chi connectivity index (χ1v) is 4.26. The fraction of sp³-hybridized carbons (Fsp3) is 0.500. The van der Waals surface area contributed by atoms with E-state index in [1.807, 2.05) is 0 Å². The van der Waals surface area contributed by atoms with Crippen LogP contribution in [0.3, 0.4) is 0 Å². The minimum atomic E-state index is 0.395. The summed E-state index contributed by atoms with van der Waals surface area (Å²) in [6.45, 7) is 2.09. The molecule has 0 saturated heterocycles. The number of hydrogen-bond donors (Lipinski definition) is 1. The second-order valence-electron chi connectivity index (χ2n) is 1.79. The lowest BCUT2D eigenvalue weighted by atomic mass is 10.8. The first kappa shape index (κ1) is 7.47. The molecule has 0 aliphatic rings. The van der Waals surface area contributed by atoms with Crippen LogP contribution in [0.1, 0.15) is 12.8 Å². The molecule has 0 amide bonds. The second kappa shape index (κ2) is 3.51. The molecule has 4 heteroatoms. The summed E-state index contributed by atoms with van der Waals surface area (Å²) in [4.78, 5) is 3.94. The predicted molar refractivity (Wildman–Crippen MR) is 42.8 cm³/mol. The van der Waals surface area contributed by atoms with Crippen LogP contribution in [0.25, 0.3) is 0 Å². The Labute approximate surface area is 64.0 Å². The smallest absolute Gasteiger partial charge is 0.211 e. The van der Waals surface area contributed by atoms with Gasteiger partial charge in [-0.2, -0.15) is 11.8 Å². The van der Waals surface area contributed by atoms with Crippen molar-refractivity contribution in [1.82, 2.24) is 4.98 Å². The van der Waals surface area contributed by atoms with Gasteiger partial charge in [0.15, 0.2) is 0 Å². The molecule has 0 aromatic carbocycles. The number of nitrogen functional groups attached to an aromatic ring is 1. The number of nitrogens with zero attached hydrogens (tertiary/aromatic N) is 1. The molecule has 0 bridgehead atoms. The Bertz CT molecular complexity index is 199. The van der Waals surface area contributed by atoms with Crippen molar-refractivity contribution in [2.75, 3.05) is 11.5 Å². The van der Waals surface area contributed by atoms with Crippen LogP contribution in [-0.2, 0) is 5.75 Å². The van der Waals surface area contributed by atoms with Crippen LogP contribution in [0.15, 0.2) is 10.6 Å². The normalized spacial score (nSPS) is 10.1. The van der Waals surface area contributed by atoms with Gasteiger partial charge in [-0.25, -0.2) is 4.98 Å². The van der Waals surface area contributed by atoms with Crippen LogP contribution >= 0.6 is 11.8 Å². The van der Waals surface area contributed by atoms with Gasteiger partial charge in [-0.1, -0.05) is 6.92 Å². The van der Waals surface area contributed by atoms with Gasteiger partial charge in [-0.15, -0.1) is 0 Å². The van der Waals surface area contributed by atoms with Gasteiger partial charge in [0.05, 0.1) is 11.9 Å². The molecule has 0 fully saturated rings. The van der Waals surface area contributed by atoms with Crippen molar-refractivity contribution in [3.63, 3.8) is 0 Å². The minimum absolute atomic E-state index is 0.395. The standard InChI is InChI=1S/C6H10N2OS/c1-2-10-4-6-8-3-5(7)9-6/h3H,2,4,7H2,1H3. The average Bonchev–Trinajstić information content (AvgIpc) is 2.31. The lowest BCUT2D eigenvalue weighted by Gasteiger charge is -1.89. The Hall–Kier alpha value is -0.640. The Morgan fingerprint density at radius 2 is 2.60 bits per heavy atom. The summed E-state index contributed by atoms with van der Waals surface area (Å²) in [5, 5.41) is 0. The molecule has 10 heavy (non-hydrogen) atoms. The summed E-state index contributed by atoms with van der Waals surface area (Å²) in [5.41, 5.74) is 5.31. The summed E-state index contributed by atoms with van der Waals surface area (Å²) in [6, 6.07) is 0. The largest absolute Gasteiger partial charge is 0.425 e. The van der Waals surface area contributed by atoms with Crippen molar-refractivity contribution in [2.24, 2.45) is 0 Å². The highest BCUT2D eigenvalue weighted by molar-refractivity contribution is 7.98. The highest BCUT2D eigenvalue weighted by atomic mass is 32.2. The average molecular weight is 158 g/mol. The third-order valence-corrected chi connectivity index (χ3v) is 1.86. The van der Waals surface area contributed by atoms with Crippen LogP contribution < -0.4 is 5.73 Å². The molecule has 0 aliphatic heterocycles. The number of oxazole rings is 1. The van der Waals surface area contributed by atoms with E-state index < -0.39 is 0 Å². The summed E-state index contributed by atoms with van der Waals surface area (Å²) >= 11 is 1.76. The zero-order valence-electron chi connectivity index (χ0n) is 5.83. The van der Waals surface area contributed by atoms with Crippen LogP contribution in [-0.4, -0.2) is 10.7 Å². The topological polar surface area (TPSA) is 52.0 Å². The van der Waals surface area contributed by atoms with Crippen LogP contribution in [0.2, 0.25) is 0 Å². The van der Waals surface area contributed by atoms with Gasteiger partial charge in [0.25, 0.3) is 0 Å². The predicted octanol–water partition coefficient (Wildman–Crippen LogP) is 1.51. The zero-order valence-corrected chi connectivity index (χ0v) is 6.65. The Kier molecular flexibility index (Phi) is 2.62. The van der Waals surface area contributed by atoms with Gasteiger partial charge in [-0.05, 0) is 5.75 Å². The summed E-state index contributed by atoms with van der Waals surface area (Å²) < 4.78 is 5.03. The van der Waals surface area contributed by atoms with Crippen molar-refractivity contribution in [1.29, 1.82) is 0 Å². The van der Waals surface area contributed by atoms with Crippen molar-refractivity contribution >= 4 is 17.6 Å². The fourth-order valence-corrected chi connectivity index (χ4v) is 1.09. The van der Waals surface area contributed by atoms with Crippen LogP contribution in [0.5, 0.6) is 0 Å². The van der Waals surface area contributed by atoms with Gasteiger partial charge in [-0.3, -0.25) is 0 Å². The molecule has 0 saturated carbocycles. The second-order valence-corrected chi connectivity index (χ2v) is 3.07. The van der Waals surface area contributed by atoms with E-state index in [-0.39, 0.29) is 0 Å². The third kappa shape index (κ3) is 1.95. The Morgan fingerprint density at radius 3 is 3.10 bits per heavy atom. The monoisotopic (exact) mass is 158 g/mol. The molecule has 0 radical (unpaired) electrons. The quantitative estimate of drug-likeness (QED) is 0.724. The first-order valence-electron chi connectivity index (χ1n) is 3.11. The SMILES string of the molecule is CCSCc1ncc(N)o1. The van der Waals surface area contributed by atoms with E-state index in [4.69, 9.17) is 10.2 Å². The highest BCUT2D eigenvalue weighted by Crippen LogP contribution is 2.12. The number of hydrogen-bond acceptors (Lipinski definition) is 4. The Morgan fingerprint density at radius 1 is 1.80 bits per heavy atom. The molecule has 3 nitrogen and oxygen atoms in total. The number of anilines is 1. The molecular formula is C6H10N2OS. The molecule has 0 atom stereocenters. The van der Waals surface area contributed by atoms with Crippen LogP contribution in [0.4, 0.5) is 5.88 Å². The minimum Gasteiger partial charge on any atom is -0.425 e. The number of thioether (sulfide) groups is 1. The van der Waals surface area contributed by atoms with Gasteiger partial charge >= 0.3 is 0 Å². The van der Waals surface area contributed by atoms with E-state index in [9.17, 15) is 0 Å². The van der Waals surface area contributed by atoms with Crippen LogP contribution in [0, 0.1) is 0 Å². The maximum absolute atomic E-state index is 5.31. The molecule has 1 aromatic rings. The lowest BCUT2D eigenvalue weighted by molar-refractivity contribution is 0.534. The summed E-state index contributed by atoms with van der Waals surface area (Å²) in [7, 11) is 0. The van der Waals surface area contributed by atoms with E-state index >= 15 is 0 Å². The summed E-state index contributed by atoms with van der Waals surface area (Å²) in [5.74, 6) is 2.99. The maximum Gasteiger partial charge on any atom is 0.211 e. The van der Waals surface area contributed by atoms with E-state index in [1.165, 1.54) is 6.20 Å². The zero-order chi connectivity index (χ0) is 7.40. The van der Waals surface area contributed by atoms with Crippen molar-refractivity contribution in [3.05, 3.63) is 12.1 Å². The molecule has 1 aromatic heterocycles. The molecule has 0 aliphatic carbocycles. The number of rotatable bonds is 3. The fourth-order valence-electron chi connectivity index (χ4n) is 0.580. The molecule has 2 N–H and O–H groups in total. The van der Waals surface area contributed by atoms with Gasteiger partial charge in [0, 0.05) is 0 Å². The van der Waals surface area contributed by atoms with E-state index in [1.54, 1.807) is 11.8 Å². The first-order chi connectivity index (χ1) is 4.83. The molecule has 56 valence electrons. The molecule has 0 unspecified atom stereocenters. The Balaban J connectivity index is 2.42. The molecule has 1 rings (SSSR count). The van der Waals surface area contributed by atoms with Crippen molar-refractivity contribution < 1.29 is 4.42 Å². The van der Waals surface area contributed by atoms with Gasteiger partial charge in [0.2, 0.25) is 11.8 Å². The van der Waals surface area contributed by atoms with Crippen molar-refractivity contribution in [2.45, 2.75) is 12.7 Å². The third-order valence-electron chi connectivity index (χ3n) is 1.00.